The van der Waals surface area contributed by atoms with E-state index in [1.54, 1.807) is 0 Å². The van der Waals surface area contributed by atoms with Crippen molar-refractivity contribution in [3.8, 4) is 0 Å². The number of carbonyl (C=O) groups is 2. The predicted molar refractivity (Wildman–Crippen MR) is 126 cm³/mol. The molecular formula is C28H40O6. The summed E-state index contributed by atoms with van der Waals surface area (Å²) in [5.74, 6) is 2.67. The molecule has 5 aliphatic carbocycles. The van der Waals surface area contributed by atoms with Crippen LogP contribution in [0.4, 0.5) is 0 Å². The van der Waals surface area contributed by atoms with Gasteiger partial charge in [-0.3, -0.25) is 9.59 Å². The lowest BCUT2D eigenvalue weighted by molar-refractivity contribution is -0.186. The molecule has 5 rings (SSSR count). The molecule has 0 N–H and O–H groups in total. The highest BCUT2D eigenvalue weighted by atomic mass is 16.7. The maximum absolute atomic E-state index is 12.5. The summed E-state index contributed by atoms with van der Waals surface area (Å²) in [4.78, 5) is 24.9. The van der Waals surface area contributed by atoms with Gasteiger partial charge in [0.2, 0.25) is 0 Å². The van der Waals surface area contributed by atoms with Gasteiger partial charge in [-0.1, -0.05) is 24.3 Å². The van der Waals surface area contributed by atoms with Gasteiger partial charge in [-0.05, 0) is 101 Å². The van der Waals surface area contributed by atoms with Crippen molar-refractivity contribution in [2.45, 2.75) is 77.8 Å². The number of esters is 2. The maximum Gasteiger partial charge on any atom is 0.311 e. The highest BCUT2D eigenvalue weighted by Crippen LogP contribution is 2.45. The van der Waals surface area contributed by atoms with E-state index in [0.29, 0.717) is 48.7 Å². The Morgan fingerprint density at radius 1 is 0.676 bits per heavy atom. The molecule has 0 spiro atoms. The minimum absolute atomic E-state index is 0.0169. The van der Waals surface area contributed by atoms with Crippen molar-refractivity contribution >= 4 is 11.9 Å². The minimum atomic E-state index is -0.488. The summed E-state index contributed by atoms with van der Waals surface area (Å²) in [7, 11) is 0. The van der Waals surface area contributed by atoms with Crippen LogP contribution in [0.25, 0.3) is 0 Å². The van der Waals surface area contributed by atoms with E-state index in [1.165, 1.54) is 0 Å². The van der Waals surface area contributed by atoms with Crippen LogP contribution >= 0.6 is 0 Å². The van der Waals surface area contributed by atoms with Crippen LogP contribution in [0, 0.1) is 47.3 Å². The van der Waals surface area contributed by atoms with Crippen LogP contribution < -0.4 is 0 Å². The fraction of sp³-hybridized carbons (Fsp3) is 0.786. The number of fused-ring (bicyclic) bond motifs is 4. The van der Waals surface area contributed by atoms with Crippen LogP contribution in [0.1, 0.15) is 65.2 Å². The van der Waals surface area contributed by atoms with Gasteiger partial charge in [-0.25, -0.2) is 0 Å². The van der Waals surface area contributed by atoms with E-state index in [1.807, 2.05) is 13.8 Å². The standard InChI is InChI=1S/C28H40O6/c1-17(33-27(29)25-13-21-7-9-23(25)11-21)31-15-19-3-5-20(6-4-19)16-32-18(2)34-28(30)26-14-22-8-10-24(26)12-22/h7-10,17-26H,3-6,11-16H2,1-2H3. The molecule has 0 saturated heterocycles. The first-order valence-electron chi connectivity index (χ1n) is 13.5. The molecule has 0 heterocycles. The molecule has 3 saturated carbocycles. The largest absolute Gasteiger partial charge is 0.436 e. The lowest BCUT2D eigenvalue weighted by Gasteiger charge is -2.30. The van der Waals surface area contributed by atoms with E-state index >= 15 is 0 Å². The van der Waals surface area contributed by atoms with Gasteiger partial charge in [-0.15, -0.1) is 0 Å². The zero-order chi connectivity index (χ0) is 23.7. The van der Waals surface area contributed by atoms with E-state index in [0.717, 1.165) is 51.4 Å². The fourth-order valence-corrected chi connectivity index (χ4v) is 6.78. The summed E-state index contributed by atoms with van der Waals surface area (Å²) in [5, 5.41) is 0. The van der Waals surface area contributed by atoms with Gasteiger partial charge >= 0.3 is 11.9 Å². The highest BCUT2D eigenvalue weighted by Gasteiger charge is 2.42. The zero-order valence-corrected chi connectivity index (χ0v) is 20.6. The number of hydrogen-bond acceptors (Lipinski definition) is 6. The average molecular weight is 473 g/mol. The lowest BCUT2D eigenvalue weighted by atomic mass is 9.83. The Labute approximate surface area is 203 Å². The molecule has 0 amide bonds. The van der Waals surface area contributed by atoms with Crippen molar-refractivity contribution in [1.29, 1.82) is 0 Å². The van der Waals surface area contributed by atoms with Gasteiger partial charge in [0.05, 0.1) is 25.0 Å². The molecule has 5 aliphatic rings. The smallest absolute Gasteiger partial charge is 0.311 e. The minimum Gasteiger partial charge on any atom is -0.436 e. The van der Waals surface area contributed by atoms with Crippen molar-refractivity contribution in [1.82, 2.24) is 0 Å². The van der Waals surface area contributed by atoms with Crippen molar-refractivity contribution in [2.75, 3.05) is 13.2 Å². The predicted octanol–water partition coefficient (Wildman–Crippen LogP) is 5.03. The second-order valence-electron chi connectivity index (χ2n) is 11.3. The quantitative estimate of drug-likeness (QED) is 0.252. The van der Waals surface area contributed by atoms with Crippen LogP contribution in [0.2, 0.25) is 0 Å². The van der Waals surface area contributed by atoms with Gasteiger partial charge in [0.25, 0.3) is 0 Å². The van der Waals surface area contributed by atoms with Crippen molar-refractivity contribution in [2.24, 2.45) is 47.3 Å². The van der Waals surface area contributed by atoms with E-state index in [-0.39, 0.29) is 23.8 Å². The van der Waals surface area contributed by atoms with Gasteiger partial charge in [0.1, 0.15) is 0 Å². The molecule has 0 aliphatic heterocycles. The van der Waals surface area contributed by atoms with Crippen molar-refractivity contribution in [3.63, 3.8) is 0 Å². The topological polar surface area (TPSA) is 71.1 Å². The lowest BCUT2D eigenvalue weighted by Crippen LogP contribution is -2.30. The molecule has 4 bridgehead atoms. The maximum atomic E-state index is 12.5. The van der Waals surface area contributed by atoms with E-state index in [9.17, 15) is 9.59 Å². The van der Waals surface area contributed by atoms with Gasteiger partial charge < -0.3 is 18.9 Å². The molecule has 188 valence electrons. The summed E-state index contributed by atoms with van der Waals surface area (Å²) in [6.45, 7) is 4.92. The van der Waals surface area contributed by atoms with Gasteiger partial charge in [0.15, 0.2) is 12.6 Å². The molecule has 8 unspecified atom stereocenters. The van der Waals surface area contributed by atoms with Crippen LogP contribution in [-0.2, 0) is 28.5 Å². The number of rotatable bonds is 10. The molecule has 6 nitrogen and oxygen atoms in total. The molecule has 8 atom stereocenters. The molecular weight excluding hydrogens is 432 g/mol. The van der Waals surface area contributed by atoms with Crippen LogP contribution in [0.15, 0.2) is 24.3 Å². The Kier molecular flexibility index (Phi) is 7.45. The van der Waals surface area contributed by atoms with E-state index in [4.69, 9.17) is 18.9 Å². The first-order valence-corrected chi connectivity index (χ1v) is 13.5. The molecule has 0 aromatic rings. The first-order chi connectivity index (χ1) is 16.4. The third-order valence-electron chi connectivity index (χ3n) is 8.83. The van der Waals surface area contributed by atoms with Crippen molar-refractivity contribution < 1.29 is 28.5 Å². The molecule has 34 heavy (non-hydrogen) atoms. The average Bonchev–Trinajstić information content (AvgIpc) is 3.64. The number of allylic oxidation sites excluding steroid dienone is 4. The number of ether oxygens (including phenoxy) is 4. The fourth-order valence-electron chi connectivity index (χ4n) is 6.78. The second kappa shape index (κ2) is 10.5. The Hall–Kier alpha value is -1.66. The Morgan fingerprint density at radius 3 is 1.41 bits per heavy atom. The number of carbonyl (C=O) groups excluding carboxylic acids is 2. The molecule has 6 heteroatoms. The Bertz CT molecular complexity index is 731. The molecule has 3 fully saturated rings. The highest BCUT2D eigenvalue weighted by molar-refractivity contribution is 5.74. The van der Waals surface area contributed by atoms with E-state index in [2.05, 4.69) is 24.3 Å². The van der Waals surface area contributed by atoms with Crippen LogP contribution in [0.3, 0.4) is 0 Å². The summed E-state index contributed by atoms with van der Waals surface area (Å²) < 4.78 is 22.9. The summed E-state index contributed by atoms with van der Waals surface area (Å²) >= 11 is 0. The molecule has 0 aromatic heterocycles. The molecule has 0 radical (unpaired) electrons. The van der Waals surface area contributed by atoms with Gasteiger partial charge in [-0.2, -0.15) is 0 Å². The Morgan fingerprint density at radius 2 is 1.09 bits per heavy atom. The monoisotopic (exact) mass is 472 g/mol. The Balaban J connectivity index is 0.932. The zero-order valence-electron chi connectivity index (χ0n) is 20.6. The normalized spacial score (nSPS) is 39.4. The summed E-state index contributed by atoms with van der Waals surface area (Å²) in [6.07, 6.45) is 16.2. The number of hydrogen-bond donors (Lipinski definition) is 0. The van der Waals surface area contributed by atoms with Crippen LogP contribution in [0.5, 0.6) is 0 Å². The summed E-state index contributed by atoms with van der Waals surface area (Å²) in [5.41, 5.74) is 0. The SMILES string of the molecule is CC(OCC1CCC(COC(C)OC(=O)C2CC3C=CC2C3)CC1)OC(=O)C1CC2C=CC1C2. The van der Waals surface area contributed by atoms with Gasteiger partial charge in [0, 0.05) is 0 Å². The third-order valence-corrected chi connectivity index (χ3v) is 8.83. The molecule has 0 aromatic carbocycles. The first kappa shape index (κ1) is 24.1. The van der Waals surface area contributed by atoms with E-state index < -0.39 is 12.6 Å². The summed E-state index contributed by atoms with van der Waals surface area (Å²) in [6, 6.07) is 0. The third kappa shape index (κ3) is 5.59. The second-order valence-corrected chi connectivity index (χ2v) is 11.3. The van der Waals surface area contributed by atoms with Crippen molar-refractivity contribution in [3.05, 3.63) is 24.3 Å². The van der Waals surface area contributed by atoms with Crippen LogP contribution in [-0.4, -0.2) is 37.7 Å².